The monoisotopic (exact) mass is 578 g/mol. The molecule has 0 bridgehead atoms. The summed E-state index contributed by atoms with van der Waals surface area (Å²) in [6, 6.07) is 16.2. The van der Waals surface area contributed by atoms with Gasteiger partial charge in [-0.15, -0.1) is 0 Å². The van der Waals surface area contributed by atoms with Crippen molar-refractivity contribution in [3.05, 3.63) is 79.9 Å². The second kappa shape index (κ2) is 10.8. The van der Waals surface area contributed by atoms with Crippen molar-refractivity contribution in [2.45, 2.75) is 13.5 Å². The first-order valence-electron chi connectivity index (χ1n) is 10.1. The molecular formula is C24H20ClIN2O5. The van der Waals surface area contributed by atoms with Crippen LogP contribution in [-0.4, -0.2) is 25.5 Å². The van der Waals surface area contributed by atoms with Gasteiger partial charge in [0.1, 0.15) is 6.61 Å². The highest BCUT2D eigenvalue weighted by Crippen LogP contribution is 2.35. The average molecular weight is 579 g/mol. The third kappa shape index (κ3) is 5.69. The maximum absolute atomic E-state index is 12.4. The number of carbonyl (C=O) groups is 1. The Bertz CT molecular complexity index is 1200. The van der Waals surface area contributed by atoms with Gasteiger partial charge in [-0.3, -0.25) is 4.79 Å². The third-order valence-electron chi connectivity index (χ3n) is 4.68. The summed E-state index contributed by atoms with van der Waals surface area (Å²) < 4.78 is 23.2. The van der Waals surface area contributed by atoms with E-state index in [9.17, 15) is 4.79 Å². The summed E-state index contributed by atoms with van der Waals surface area (Å²) in [7, 11) is 0. The first-order valence-corrected chi connectivity index (χ1v) is 11.6. The van der Waals surface area contributed by atoms with Crippen LogP contribution in [0.25, 0.3) is 0 Å². The normalized spacial score (nSPS) is 12.1. The van der Waals surface area contributed by atoms with Crippen LogP contribution in [0.4, 0.5) is 0 Å². The lowest BCUT2D eigenvalue weighted by molar-refractivity contribution is 0.0954. The fourth-order valence-corrected chi connectivity index (χ4v) is 4.07. The third-order valence-corrected chi connectivity index (χ3v) is 5.85. The predicted molar refractivity (Wildman–Crippen MR) is 134 cm³/mol. The Morgan fingerprint density at radius 1 is 1.15 bits per heavy atom. The predicted octanol–water partition coefficient (Wildman–Crippen LogP) is 5.41. The van der Waals surface area contributed by atoms with E-state index in [4.69, 9.17) is 30.5 Å². The summed E-state index contributed by atoms with van der Waals surface area (Å²) in [6.07, 6.45) is 1.55. The van der Waals surface area contributed by atoms with Crippen LogP contribution in [0.15, 0.2) is 59.7 Å². The van der Waals surface area contributed by atoms with Crippen molar-refractivity contribution in [1.29, 1.82) is 0 Å². The second-order valence-electron chi connectivity index (χ2n) is 6.91. The minimum absolute atomic E-state index is 0.150. The van der Waals surface area contributed by atoms with Gasteiger partial charge in [0.2, 0.25) is 6.79 Å². The molecule has 0 atom stereocenters. The van der Waals surface area contributed by atoms with Gasteiger partial charge >= 0.3 is 0 Å². The van der Waals surface area contributed by atoms with Gasteiger partial charge in [-0.2, -0.15) is 5.10 Å². The lowest BCUT2D eigenvalue weighted by atomic mass is 10.2. The van der Waals surface area contributed by atoms with E-state index in [-0.39, 0.29) is 12.7 Å². The Kier molecular flexibility index (Phi) is 7.56. The SMILES string of the molecule is CCOc1cc(/C=N/NC(=O)c2ccc3c(c2)OCO3)cc(I)c1OCc1ccccc1Cl. The number of fused-ring (bicyclic) bond motifs is 1. The Labute approximate surface area is 209 Å². The van der Waals surface area contributed by atoms with Crippen LogP contribution < -0.4 is 24.4 Å². The van der Waals surface area contributed by atoms with Crippen LogP contribution in [-0.2, 0) is 6.61 Å². The highest BCUT2D eigenvalue weighted by molar-refractivity contribution is 14.1. The molecule has 1 amide bonds. The Morgan fingerprint density at radius 3 is 2.79 bits per heavy atom. The summed E-state index contributed by atoms with van der Waals surface area (Å²) >= 11 is 8.41. The molecule has 3 aromatic rings. The maximum atomic E-state index is 12.4. The zero-order valence-corrected chi connectivity index (χ0v) is 20.6. The molecule has 3 aromatic carbocycles. The van der Waals surface area contributed by atoms with E-state index in [2.05, 4.69) is 33.1 Å². The van der Waals surface area contributed by atoms with Crippen LogP contribution in [0.5, 0.6) is 23.0 Å². The standard InChI is InChI=1S/C24H20ClIN2O5/c1-2-30-22-10-15(9-19(26)23(22)31-13-17-5-3-4-6-18(17)25)12-27-28-24(29)16-7-8-20-21(11-16)33-14-32-20/h3-12H,2,13-14H2,1H3,(H,28,29)/b27-12+. The fourth-order valence-electron chi connectivity index (χ4n) is 3.10. The van der Waals surface area contributed by atoms with Crippen molar-refractivity contribution < 1.29 is 23.7 Å². The molecule has 0 spiro atoms. The molecule has 0 unspecified atom stereocenters. The number of ether oxygens (including phenoxy) is 4. The van der Waals surface area contributed by atoms with Crippen molar-refractivity contribution in [2.24, 2.45) is 5.10 Å². The molecule has 0 saturated carbocycles. The molecule has 9 heteroatoms. The van der Waals surface area contributed by atoms with Crippen LogP contribution in [0.3, 0.4) is 0 Å². The van der Waals surface area contributed by atoms with Crippen molar-refractivity contribution in [3.63, 3.8) is 0 Å². The number of nitrogens with zero attached hydrogens (tertiary/aromatic N) is 1. The molecule has 1 N–H and O–H groups in total. The van der Waals surface area contributed by atoms with E-state index in [0.717, 1.165) is 14.7 Å². The van der Waals surface area contributed by atoms with E-state index in [1.54, 1.807) is 24.4 Å². The van der Waals surface area contributed by atoms with Crippen LogP contribution in [0, 0.1) is 3.57 Å². The second-order valence-corrected chi connectivity index (χ2v) is 8.48. The van der Waals surface area contributed by atoms with Crippen molar-refractivity contribution in [2.75, 3.05) is 13.4 Å². The van der Waals surface area contributed by atoms with Gasteiger partial charge in [-0.1, -0.05) is 29.8 Å². The molecule has 0 aromatic heterocycles. The van der Waals surface area contributed by atoms with E-state index in [1.807, 2.05) is 43.3 Å². The van der Waals surface area contributed by atoms with Crippen LogP contribution >= 0.6 is 34.2 Å². The van der Waals surface area contributed by atoms with E-state index in [0.29, 0.717) is 46.8 Å². The smallest absolute Gasteiger partial charge is 0.271 e. The van der Waals surface area contributed by atoms with Gasteiger partial charge < -0.3 is 18.9 Å². The number of hydrogen-bond acceptors (Lipinski definition) is 6. The van der Waals surface area contributed by atoms with Gasteiger partial charge in [0.15, 0.2) is 23.0 Å². The molecule has 170 valence electrons. The zero-order valence-electron chi connectivity index (χ0n) is 17.6. The largest absolute Gasteiger partial charge is 0.490 e. The Hall–Kier alpha value is -2.98. The number of amides is 1. The van der Waals surface area contributed by atoms with Gasteiger partial charge in [0.05, 0.1) is 16.4 Å². The number of hydrogen-bond donors (Lipinski definition) is 1. The first-order chi connectivity index (χ1) is 16.0. The maximum Gasteiger partial charge on any atom is 0.271 e. The summed E-state index contributed by atoms with van der Waals surface area (Å²) in [5, 5.41) is 4.72. The molecule has 1 aliphatic rings. The molecule has 0 fully saturated rings. The Morgan fingerprint density at radius 2 is 1.97 bits per heavy atom. The van der Waals surface area contributed by atoms with Gasteiger partial charge in [0, 0.05) is 16.1 Å². The topological polar surface area (TPSA) is 78.4 Å². The molecular weight excluding hydrogens is 559 g/mol. The molecule has 1 heterocycles. The summed E-state index contributed by atoms with van der Waals surface area (Å²) in [5.41, 5.74) is 4.58. The van der Waals surface area contributed by atoms with Crippen molar-refractivity contribution in [3.8, 4) is 23.0 Å². The van der Waals surface area contributed by atoms with E-state index >= 15 is 0 Å². The Balaban J connectivity index is 1.45. The molecule has 4 rings (SSSR count). The van der Waals surface area contributed by atoms with E-state index in [1.165, 1.54) is 0 Å². The summed E-state index contributed by atoms with van der Waals surface area (Å²) in [6.45, 7) is 2.84. The highest BCUT2D eigenvalue weighted by atomic mass is 127. The number of carbonyl (C=O) groups excluding carboxylic acids is 1. The van der Waals surface area contributed by atoms with Gasteiger partial charge in [0.25, 0.3) is 5.91 Å². The average Bonchev–Trinajstić information content (AvgIpc) is 3.28. The first kappa shape index (κ1) is 23.2. The van der Waals surface area contributed by atoms with Crippen molar-refractivity contribution in [1.82, 2.24) is 5.43 Å². The number of benzene rings is 3. The number of halogens is 2. The van der Waals surface area contributed by atoms with E-state index < -0.39 is 0 Å². The van der Waals surface area contributed by atoms with Crippen LogP contribution in [0.1, 0.15) is 28.4 Å². The minimum atomic E-state index is -0.357. The molecule has 7 nitrogen and oxygen atoms in total. The van der Waals surface area contributed by atoms with Gasteiger partial charge in [-0.25, -0.2) is 5.43 Å². The molecule has 0 saturated heterocycles. The van der Waals surface area contributed by atoms with Crippen molar-refractivity contribution >= 4 is 46.3 Å². The molecule has 1 aliphatic heterocycles. The number of hydrazone groups is 1. The number of nitrogens with one attached hydrogen (secondary N) is 1. The number of rotatable bonds is 8. The quantitative estimate of drug-likeness (QED) is 0.220. The lowest BCUT2D eigenvalue weighted by Crippen LogP contribution is -2.17. The highest BCUT2D eigenvalue weighted by Gasteiger charge is 2.16. The minimum Gasteiger partial charge on any atom is -0.490 e. The van der Waals surface area contributed by atoms with Crippen LogP contribution in [0.2, 0.25) is 5.02 Å². The molecule has 0 radical (unpaired) electrons. The molecule has 33 heavy (non-hydrogen) atoms. The summed E-state index contributed by atoms with van der Waals surface area (Å²) in [4.78, 5) is 12.4. The lowest BCUT2D eigenvalue weighted by Gasteiger charge is -2.15. The summed E-state index contributed by atoms with van der Waals surface area (Å²) in [5.74, 6) is 2.00. The molecule has 0 aliphatic carbocycles. The zero-order chi connectivity index (χ0) is 23.2. The fraction of sp³-hybridized carbons (Fsp3) is 0.167. The van der Waals surface area contributed by atoms with Gasteiger partial charge in [-0.05, 0) is 71.5 Å².